The van der Waals surface area contributed by atoms with Crippen LogP contribution in [0.2, 0.25) is 0 Å². The summed E-state index contributed by atoms with van der Waals surface area (Å²) in [5.41, 5.74) is 2.42. The molecule has 0 saturated heterocycles. The van der Waals surface area contributed by atoms with Crippen LogP contribution in [0, 0.1) is 17.0 Å². The Kier molecular flexibility index (Phi) is 5.81. The first kappa shape index (κ1) is 19.4. The lowest BCUT2D eigenvalue weighted by Crippen LogP contribution is -2.46. The minimum absolute atomic E-state index is 0.0637. The first-order valence-electron chi connectivity index (χ1n) is 8.80. The third kappa shape index (κ3) is 3.83. The zero-order valence-electron chi connectivity index (χ0n) is 15.6. The summed E-state index contributed by atoms with van der Waals surface area (Å²) in [6.45, 7) is 12.6. The second-order valence-corrected chi connectivity index (χ2v) is 7.32. The summed E-state index contributed by atoms with van der Waals surface area (Å²) < 4.78 is 27.6. The van der Waals surface area contributed by atoms with E-state index in [4.69, 9.17) is 0 Å². The first-order valence-corrected chi connectivity index (χ1v) is 8.80. The molecule has 2 rings (SSSR count). The van der Waals surface area contributed by atoms with Crippen molar-refractivity contribution < 1.29 is 13.6 Å². The molecule has 0 spiro atoms. The number of halogens is 2. The molecule has 1 aromatic rings. The Morgan fingerprint density at radius 2 is 2.04 bits per heavy atom. The van der Waals surface area contributed by atoms with Gasteiger partial charge in [0.25, 0.3) is 5.91 Å². The summed E-state index contributed by atoms with van der Waals surface area (Å²) in [4.78, 5) is 14.6. The van der Waals surface area contributed by atoms with E-state index in [0.29, 0.717) is 12.1 Å². The van der Waals surface area contributed by atoms with Gasteiger partial charge >= 0.3 is 0 Å². The molecule has 1 amide bonds. The fourth-order valence-electron chi connectivity index (χ4n) is 3.57. The molecular weight excluding hydrogens is 320 g/mol. The van der Waals surface area contributed by atoms with E-state index in [-0.39, 0.29) is 23.4 Å². The Balaban J connectivity index is 2.41. The lowest BCUT2D eigenvalue weighted by atomic mass is 9.72. The second kappa shape index (κ2) is 7.51. The van der Waals surface area contributed by atoms with Crippen LogP contribution in [-0.2, 0) is 11.3 Å². The monoisotopic (exact) mass is 347 g/mol. The van der Waals surface area contributed by atoms with Gasteiger partial charge in [-0.05, 0) is 31.9 Å². The van der Waals surface area contributed by atoms with Gasteiger partial charge in [-0.3, -0.25) is 4.79 Å². The van der Waals surface area contributed by atoms with E-state index in [1.54, 1.807) is 4.90 Å². The number of carbonyl (C=O) groups excluding carboxylic acids is 1. The summed E-state index contributed by atoms with van der Waals surface area (Å²) in [7, 11) is 0. The van der Waals surface area contributed by atoms with Gasteiger partial charge in [-0.25, -0.2) is 8.78 Å². The maximum atomic E-state index is 14.1. The number of unbranched alkanes of at least 4 members (excludes halogenated alkanes) is 1. The van der Waals surface area contributed by atoms with Crippen molar-refractivity contribution >= 4 is 5.91 Å². The molecule has 0 fully saturated rings. The van der Waals surface area contributed by atoms with Gasteiger partial charge in [0.15, 0.2) is 11.6 Å². The molecule has 1 aromatic carbocycles. The molecule has 1 atom stereocenters. The van der Waals surface area contributed by atoms with Gasteiger partial charge in [0, 0.05) is 29.6 Å². The molecule has 1 aliphatic heterocycles. The van der Waals surface area contributed by atoms with Crippen LogP contribution in [0.5, 0.6) is 0 Å². The highest BCUT2D eigenvalue weighted by Crippen LogP contribution is 2.41. The largest absolute Gasteiger partial charge is 0.333 e. The third-order valence-electron chi connectivity index (χ3n) is 5.22. The molecule has 1 heterocycles. The molecule has 4 heteroatoms. The number of benzene rings is 1. The normalized spacial score (nSPS) is 21.0. The van der Waals surface area contributed by atoms with E-state index >= 15 is 0 Å². The summed E-state index contributed by atoms with van der Waals surface area (Å²) in [5, 5.41) is 0. The van der Waals surface area contributed by atoms with Crippen LogP contribution in [0.3, 0.4) is 0 Å². The smallest absolute Gasteiger partial charge is 0.254 e. The van der Waals surface area contributed by atoms with Crippen molar-refractivity contribution in [3.8, 4) is 0 Å². The van der Waals surface area contributed by atoms with E-state index in [9.17, 15) is 13.6 Å². The van der Waals surface area contributed by atoms with Crippen LogP contribution in [-0.4, -0.2) is 17.4 Å². The molecule has 136 valence electrons. The van der Waals surface area contributed by atoms with Gasteiger partial charge in [-0.1, -0.05) is 51.0 Å². The highest BCUT2D eigenvalue weighted by Gasteiger charge is 2.39. The Hall–Kier alpha value is -1.97. The minimum Gasteiger partial charge on any atom is -0.333 e. The number of amides is 1. The Morgan fingerprint density at radius 1 is 1.36 bits per heavy atom. The van der Waals surface area contributed by atoms with E-state index < -0.39 is 11.6 Å². The molecule has 0 aromatic heterocycles. The number of carbonyl (C=O) groups is 1. The minimum atomic E-state index is -0.887. The maximum absolute atomic E-state index is 14.1. The van der Waals surface area contributed by atoms with E-state index in [2.05, 4.69) is 20.4 Å². The van der Waals surface area contributed by atoms with Gasteiger partial charge in [0.05, 0.1) is 0 Å². The van der Waals surface area contributed by atoms with Crippen LogP contribution in [0.1, 0.15) is 52.5 Å². The highest BCUT2D eigenvalue weighted by atomic mass is 19.2. The van der Waals surface area contributed by atoms with Crippen LogP contribution in [0.25, 0.3) is 0 Å². The second-order valence-electron chi connectivity index (χ2n) is 7.32. The standard InChI is InChI=1S/C21H27F2NO/c1-6-7-11-21(5)13-24(20(25)18(14(2)3)15(21)4)12-16-9-8-10-17(22)19(16)23/h8-10H,2,6-7,11-13H2,1,3-5H3. The van der Waals surface area contributed by atoms with Crippen LogP contribution in [0.4, 0.5) is 8.78 Å². The van der Waals surface area contributed by atoms with Gasteiger partial charge < -0.3 is 4.90 Å². The van der Waals surface area contributed by atoms with Crippen LogP contribution in [0.15, 0.2) is 41.5 Å². The predicted octanol–water partition coefficient (Wildman–Crippen LogP) is 5.40. The molecule has 1 aliphatic rings. The average Bonchev–Trinajstić information content (AvgIpc) is 2.55. The summed E-state index contributed by atoms with van der Waals surface area (Å²) in [6.07, 6.45) is 3.06. The maximum Gasteiger partial charge on any atom is 0.254 e. The molecule has 25 heavy (non-hydrogen) atoms. The zero-order valence-corrected chi connectivity index (χ0v) is 15.6. The van der Waals surface area contributed by atoms with Crippen molar-refractivity contribution in [2.75, 3.05) is 6.54 Å². The number of hydrogen-bond acceptors (Lipinski definition) is 1. The van der Waals surface area contributed by atoms with Crippen molar-refractivity contribution in [3.05, 3.63) is 58.7 Å². The zero-order chi connectivity index (χ0) is 18.8. The average molecular weight is 347 g/mol. The fraction of sp³-hybridized carbons (Fsp3) is 0.476. The lowest BCUT2D eigenvalue weighted by molar-refractivity contribution is -0.130. The van der Waals surface area contributed by atoms with Crippen LogP contribution < -0.4 is 0 Å². The first-order chi connectivity index (χ1) is 11.7. The van der Waals surface area contributed by atoms with Crippen molar-refractivity contribution in [3.63, 3.8) is 0 Å². The van der Waals surface area contributed by atoms with E-state index in [0.717, 1.165) is 36.5 Å². The highest BCUT2D eigenvalue weighted by molar-refractivity contribution is 5.99. The Morgan fingerprint density at radius 3 is 2.64 bits per heavy atom. The summed E-state index contributed by atoms with van der Waals surface area (Å²) in [6, 6.07) is 4.09. The number of hydrogen-bond donors (Lipinski definition) is 0. The van der Waals surface area contributed by atoms with Gasteiger partial charge in [-0.15, -0.1) is 0 Å². The molecule has 0 radical (unpaired) electrons. The Labute approximate surface area is 149 Å². The van der Waals surface area contributed by atoms with Crippen molar-refractivity contribution in [1.82, 2.24) is 4.90 Å². The predicted molar refractivity (Wildman–Crippen MR) is 96.9 cm³/mol. The topological polar surface area (TPSA) is 20.3 Å². The SMILES string of the molecule is C=C(C)C1=C(C)C(C)(CCCC)CN(Cc2cccc(F)c2F)C1=O. The quantitative estimate of drug-likeness (QED) is 0.675. The molecule has 0 aliphatic carbocycles. The lowest BCUT2D eigenvalue weighted by Gasteiger charge is -2.43. The molecule has 0 saturated carbocycles. The van der Waals surface area contributed by atoms with Gasteiger partial charge in [0.1, 0.15) is 0 Å². The fourth-order valence-corrected chi connectivity index (χ4v) is 3.57. The number of nitrogens with zero attached hydrogens (tertiary/aromatic N) is 1. The Bertz CT molecular complexity index is 723. The molecule has 0 N–H and O–H groups in total. The van der Waals surface area contributed by atoms with Crippen molar-refractivity contribution in [1.29, 1.82) is 0 Å². The van der Waals surface area contributed by atoms with Crippen molar-refractivity contribution in [2.45, 2.75) is 53.5 Å². The van der Waals surface area contributed by atoms with Crippen LogP contribution >= 0.6 is 0 Å². The van der Waals surface area contributed by atoms with Crippen molar-refractivity contribution in [2.24, 2.45) is 5.41 Å². The van der Waals surface area contributed by atoms with E-state index in [1.807, 2.05) is 13.8 Å². The van der Waals surface area contributed by atoms with Gasteiger partial charge in [0.2, 0.25) is 0 Å². The third-order valence-corrected chi connectivity index (χ3v) is 5.22. The van der Waals surface area contributed by atoms with Gasteiger partial charge in [-0.2, -0.15) is 0 Å². The number of rotatable bonds is 6. The molecular formula is C21H27F2NO. The molecule has 0 bridgehead atoms. The summed E-state index contributed by atoms with van der Waals surface area (Å²) in [5.74, 6) is -1.92. The van der Waals surface area contributed by atoms with E-state index in [1.165, 1.54) is 12.1 Å². The molecule has 1 unspecified atom stereocenters. The molecule has 2 nitrogen and oxygen atoms in total. The summed E-state index contributed by atoms with van der Waals surface area (Å²) >= 11 is 0.